The number of ether oxygens (including phenoxy) is 3. The molecule has 0 spiro atoms. The minimum atomic E-state index is -0.315. The van der Waals surface area contributed by atoms with Gasteiger partial charge in [-0.3, -0.25) is 4.79 Å². The quantitative estimate of drug-likeness (QED) is 0.718. The maximum Gasteiger partial charge on any atom is 0.252 e. The summed E-state index contributed by atoms with van der Waals surface area (Å²) in [4.78, 5) is 12.6. The Morgan fingerprint density at radius 3 is 2.37 bits per heavy atom. The molecule has 0 bridgehead atoms. The highest BCUT2D eigenvalue weighted by Crippen LogP contribution is 2.38. The largest absolute Gasteiger partial charge is 0.493 e. The number of methoxy groups -OCH3 is 3. The average Bonchev–Trinajstić information content (AvgIpc) is 3.15. The van der Waals surface area contributed by atoms with Crippen molar-refractivity contribution in [2.24, 2.45) is 0 Å². The fourth-order valence-corrected chi connectivity index (χ4v) is 3.05. The summed E-state index contributed by atoms with van der Waals surface area (Å²) in [6.07, 6.45) is 0.254. The normalized spacial score (nSPS) is 18.8. The van der Waals surface area contributed by atoms with Crippen molar-refractivity contribution in [3.8, 4) is 17.2 Å². The first-order valence-electron chi connectivity index (χ1n) is 8.43. The molecule has 0 aromatic heterocycles. The molecule has 2 aromatic rings. The lowest BCUT2D eigenvalue weighted by Gasteiger charge is -2.16. The van der Waals surface area contributed by atoms with Crippen LogP contribution in [0.2, 0.25) is 0 Å². The van der Waals surface area contributed by atoms with E-state index in [1.165, 1.54) is 33.5 Å². The molecule has 1 aliphatic rings. The monoisotopic (exact) mass is 375 g/mol. The summed E-state index contributed by atoms with van der Waals surface area (Å²) in [7, 11) is 4.48. The van der Waals surface area contributed by atoms with E-state index in [4.69, 9.17) is 14.2 Å². The molecule has 3 N–H and O–H groups in total. The summed E-state index contributed by atoms with van der Waals surface area (Å²) in [5.74, 6) is 0.630. The SMILES string of the molecule is COc1cc(C(=O)NC2CC(c3cccc(F)c3)NN2)cc(OC)c1OC. The fourth-order valence-electron chi connectivity index (χ4n) is 3.05. The zero-order valence-electron chi connectivity index (χ0n) is 15.3. The summed E-state index contributed by atoms with van der Waals surface area (Å²) in [5.41, 5.74) is 7.27. The van der Waals surface area contributed by atoms with Crippen LogP contribution in [0.5, 0.6) is 17.2 Å². The third kappa shape index (κ3) is 4.12. The summed E-state index contributed by atoms with van der Waals surface area (Å²) in [6.45, 7) is 0. The van der Waals surface area contributed by atoms with Crippen LogP contribution in [0.4, 0.5) is 4.39 Å². The van der Waals surface area contributed by atoms with Crippen molar-refractivity contribution in [1.82, 2.24) is 16.2 Å². The lowest BCUT2D eigenvalue weighted by Crippen LogP contribution is -2.44. The maximum atomic E-state index is 13.4. The molecule has 27 heavy (non-hydrogen) atoms. The molecule has 144 valence electrons. The number of hydrazine groups is 1. The summed E-state index contributed by atoms with van der Waals surface area (Å²) in [6, 6.07) is 9.44. The molecule has 1 amide bonds. The lowest BCUT2D eigenvalue weighted by molar-refractivity contribution is 0.0931. The van der Waals surface area contributed by atoms with E-state index in [-0.39, 0.29) is 23.9 Å². The van der Waals surface area contributed by atoms with E-state index in [1.54, 1.807) is 18.2 Å². The van der Waals surface area contributed by atoms with Crippen LogP contribution in [-0.4, -0.2) is 33.4 Å². The zero-order valence-corrected chi connectivity index (χ0v) is 15.3. The molecule has 1 saturated heterocycles. The van der Waals surface area contributed by atoms with Crippen LogP contribution in [0.1, 0.15) is 28.4 Å². The van der Waals surface area contributed by atoms with Gasteiger partial charge < -0.3 is 19.5 Å². The minimum absolute atomic E-state index is 0.106. The predicted molar refractivity (Wildman–Crippen MR) is 97.4 cm³/mol. The fraction of sp³-hybridized carbons (Fsp3) is 0.316. The second kappa shape index (κ2) is 8.24. The van der Waals surface area contributed by atoms with Crippen LogP contribution in [0.3, 0.4) is 0 Å². The maximum absolute atomic E-state index is 13.4. The van der Waals surface area contributed by atoms with Gasteiger partial charge in [0.25, 0.3) is 5.91 Å². The van der Waals surface area contributed by atoms with Gasteiger partial charge in [0.05, 0.1) is 27.5 Å². The molecule has 8 heteroatoms. The Balaban J connectivity index is 1.71. The first-order chi connectivity index (χ1) is 13.0. The minimum Gasteiger partial charge on any atom is -0.493 e. The lowest BCUT2D eigenvalue weighted by atomic mass is 10.0. The van der Waals surface area contributed by atoms with Crippen LogP contribution in [-0.2, 0) is 0 Å². The number of rotatable bonds is 6. The van der Waals surface area contributed by atoms with E-state index < -0.39 is 0 Å². The highest BCUT2D eigenvalue weighted by atomic mass is 19.1. The van der Waals surface area contributed by atoms with Gasteiger partial charge >= 0.3 is 0 Å². The molecule has 1 aliphatic heterocycles. The second-order valence-corrected chi connectivity index (χ2v) is 6.07. The number of hydrogen-bond acceptors (Lipinski definition) is 6. The molecule has 2 unspecified atom stereocenters. The third-order valence-corrected chi connectivity index (χ3v) is 4.39. The van der Waals surface area contributed by atoms with Gasteiger partial charge in [-0.05, 0) is 29.8 Å². The standard InChI is InChI=1S/C19H22FN3O4/c1-25-15-8-12(9-16(26-2)18(15)27-3)19(24)21-17-10-14(22-23-17)11-5-4-6-13(20)7-11/h4-9,14,17,22-23H,10H2,1-3H3,(H,21,24). The van der Waals surface area contributed by atoms with Crippen molar-refractivity contribution >= 4 is 5.91 Å². The first kappa shape index (κ1) is 18.9. The number of carbonyl (C=O) groups is 1. The van der Waals surface area contributed by atoms with Crippen LogP contribution in [0.25, 0.3) is 0 Å². The number of nitrogens with one attached hydrogen (secondary N) is 3. The van der Waals surface area contributed by atoms with Crippen LogP contribution in [0, 0.1) is 5.82 Å². The van der Waals surface area contributed by atoms with Gasteiger partial charge in [0.1, 0.15) is 5.82 Å². The number of halogens is 1. The highest BCUT2D eigenvalue weighted by molar-refractivity contribution is 5.95. The Hall–Kier alpha value is -2.84. The number of hydrogen-bond donors (Lipinski definition) is 3. The first-order valence-corrected chi connectivity index (χ1v) is 8.43. The Morgan fingerprint density at radius 1 is 1.07 bits per heavy atom. The number of carbonyl (C=O) groups excluding carboxylic acids is 1. The Labute approximate surface area is 156 Å². The predicted octanol–water partition coefficient (Wildman–Crippen LogP) is 2.15. The van der Waals surface area contributed by atoms with Gasteiger partial charge in [-0.15, -0.1) is 0 Å². The molecule has 2 atom stereocenters. The molecule has 1 heterocycles. The van der Waals surface area contributed by atoms with Gasteiger partial charge in [0.2, 0.25) is 5.75 Å². The van der Waals surface area contributed by atoms with Crippen molar-refractivity contribution in [2.45, 2.75) is 18.6 Å². The van der Waals surface area contributed by atoms with Crippen molar-refractivity contribution in [3.63, 3.8) is 0 Å². The van der Waals surface area contributed by atoms with E-state index >= 15 is 0 Å². The Morgan fingerprint density at radius 2 is 1.78 bits per heavy atom. The van der Waals surface area contributed by atoms with Crippen LogP contribution < -0.4 is 30.4 Å². The number of benzene rings is 2. The van der Waals surface area contributed by atoms with Crippen molar-refractivity contribution in [1.29, 1.82) is 0 Å². The summed E-state index contributed by atoms with van der Waals surface area (Å²) in [5, 5.41) is 2.89. The molecule has 2 aromatic carbocycles. The summed E-state index contributed by atoms with van der Waals surface area (Å²) >= 11 is 0. The van der Waals surface area contributed by atoms with Gasteiger partial charge in [-0.1, -0.05) is 12.1 Å². The molecular weight excluding hydrogens is 353 g/mol. The van der Waals surface area contributed by atoms with Gasteiger partial charge in [0, 0.05) is 18.0 Å². The molecule has 0 saturated carbocycles. The van der Waals surface area contributed by atoms with Gasteiger partial charge in [0.15, 0.2) is 11.5 Å². The molecule has 1 fully saturated rings. The van der Waals surface area contributed by atoms with Crippen molar-refractivity contribution in [2.75, 3.05) is 21.3 Å². The zero-order chi connectivity index (χ0) is 19.4. The van der Waals surface area contributed by atoms with Gasteiger partial charge in [-0.25, -0.2) is 15.2 Å². The second-order valence-electron chi connectivity index (χ2n) is 6.07. The van der Waals surface area contributed by atoms with Crippen LogP contribution in [0.15, 0.2) is 36.4 Å². The summed E-state index contributed by atoms with van der Waals surface area (Å²) < 4.78 is 29.2. The van der Waals surface area contributed by atoms with Gasteiger partial charge in [-0.2, -0.15) is 0 Å². The molecule has 0 aliphatic carbocycles. The highest BCUT2D eigenvalue weighted by Gasteiger charge is 2.27. The van der Waals surface area contributed by atoms with Crippen molar-refractivity contribution < 1.29 is 23.4 Å². The Kier molecular flexibility index (Phi) is 5.78. The van der Waals surface area contributed by atoms with E-state index in [2.05, 4.69) is 16.2 Å². The van der Waals surface area contributed by atoms with Crippen LogP contribution >= 0.6 is 0 Å². The average molecular weight is 375 g/mol. The number of amides is 1. The topological polar surface area (TPSA) is 80.9 Å². The van der Waals surface area contributed by atoms with E-state index in [9.17, 15) is 9.18 Å². The van der Waals surface area contributed by atoms with Crippen molar-refractivity contribution in [3.05, 3.63) is 53.3 Å². The Bertz CT molecular complexity index is 805. The smallest absolute Gasteiger partial charge is 0.252 e. The van der Waals surface area contributed by atoms with E-state index in [0.717, 1.165) is 5.56 Å². The van der Waals surface area contributed by atoms with E-state index in [0.29, 0.717) is 29.2 Å². The molecule has 3 rings (SSSR count). The van der Waals surface area contributed by atoms with E-state index in [1.807, 2.05) is 6.07 Å². The molecule has 7 nitrogen and oxygen atoms in total. The third-order valence-electron chi connectivity index (χ3n) is 4.39. The molecular formula is C19H22FN3O4. The molecule has 0 radical (unpaired) electrons.